The van der Waals surface area contributed by atoms with E-state index in [-0.39, 0.29) is 18.6 Å². The fourth-order valence-corrected chi connectivity index (χ4v) is 3.33. The zero-order chi connectivity index (χ0) is 20.5. The molecular weight excluding hydrogens is 362 g/mol. The second-order valence-corrected chi connectivity index (χ2v) is 6.84. The third kappa shape index (κ3) is 5.90. The zero-order valence-electron chi connectivity index (χ0n) is 16.9. The topological polar surface area (TPSA) is 83.1 Å². The van der Waals surface area contributed by atoms with Crippen molar-refractivity contribution in [3.8, 4) is 17.2 Å². The standard InChI is InChI=1S/C21H29NO6/c1-14-7-5-6-8-16(14)22-19(23)13-28-20(24)10-9-15-11-17(25-2)21(27-4)18(12-15)26-3/h9-12,14,16H,5-8,13H2,1-4H3,(H,22,23)/b10-9+/t14-,16+/m1/s1. The normalized spacial score (nSPS) is 19.1. The van der Waals surface area contributed by atoms with Gasteiger partial charge in [0, 0.05) is 12.1 Å². The molecule has 1 saturated carbocycles. The molecule has 7 heteroatoms. The van der Waals surface area contributed by atoms with E-state index < -0.39 is 5.97 Å². The van der Waals surface area contributed by atoms with Crippen molar-refractivity contribution in [1.29, 1.82) is 0 Å². The molecule has 2 atom stereocenters. The van der Waals surface area contributed by atoms with Gasteiger partial charge < -0.3 is 24.3 Å². The van der Waals surface area contributed by atoms with Gasteiger partial charge in [-0.3, -0.25) is 4.79 Å². The highest BCUT2D eigenvalue weighted by atomic mass is 16.5. The highest BCUT2D eigenvalue weighted by Gasteiger charge is 2.23. The quantitative estimate of drug-likeness (QED) is 0.542. The fraction of sp³-hybridized carbons (Fsp3) is 0.524. The molecule has 28 heavy (non-hydrogen) atoms. The number of nitrogens with one attached hydrogen (secondary N) is 1. The van der Waals surface area contributed by atoms with E-state index >= 15 is 0 Å². The molecule has 2 rings (SSSR count). The number of hydrogen-bond donors (Lipinski definition) is 1. The molecule has 1 aliphatic rings. The number of benzene rings is 1. The first-order valence-corrected chi connectivity index (χ1v) is 9.42. The number of esters is 1. The van der Waals surface area contributed by atoms with Gasteiger partial charge in [0.25, 0.3) is 5.91 Å². The summed E-state index contributed by atoms with van der Waals surface area (Å²) < 4.78 is 20.9. The van der Waals surface area contributed by atoms with Crippen LogP contribution in [-0.2, 0) is 14.3 Å². The molecule has 1 aromatic rings. The summed E-state index contributed by atoms with van der Waals surface area (Å²) in [4.78, 5) is 23.9. The van der Waals surface area contributed by atoms with Crippen LogP contribution >= 0.6 is 0 Å². The van der Waals surface area contributed by atoms with E-state index in [1.807, 2.05) is 0 Å². The zero-order valence-corrected chi connectivity index (χ0v) is 16.9. The van der Waals surface area contributed by atoms with Crippen LogP contribution in [-0.4, -0.2) is 45.9 Å². The summed E-state index contributed by atoms with van der Waals surface area (Å²) in [5, 5.41) is 2.95. The van der Waals surface area contributed by atoms with Crippen LogP contribution in [0.1, 0.15) is 38.2 Å². The van der Waals surface area contributed by atoms with E-state index in [1.165, 1.54) is 33.8 Å². The molecule has 1 aliphatic carbocycles. The lowest BCUT2D eigenvalue weighted by Crippen LogP contribution is -2.42. The molecule has 0 bridgehead atoms. The smallest absolute Gasteiger partial charge is 0.331 e. The molecule has 1 aromatic carbocycles. The maximum Gasteiger partial charge on any atom is 0.331 e. The Hall–Kier alpha value is -2.70. The predicted molar refractivity (Wildman–Crippen MR) is 106 cm³/mol. The van der Waals surface area contributed by atoms with Crippen molar-refractivity contribution in [2.24, 2.45) is 5.92 Å². The van der Waals surface area contributed by atoms with Crippen LogP contribution in [0.2, 0.25) is 0 Å². The van der Waals surface area contributed by atoms with Gasteiger partial charge >= 0.3 is 5.97 Å². The van der Waals surface area contributed by atoms with Crippen LogP contribution in [0.5, 0.6) is 17.2 Å². The molecule has 1 fully saturated rings. The minimum absolute atomic E-state index is 0.162. The van der Waals surface area contributed by atoms with Crippen LogP contribution in [0.15, 0.2) is 18.2 Å². The highest BCUT2D eigenvalue weighted by Crippen LogP contribution is 2.38. The largest absolute Gasteiger partial charge is 0.493 e. The minimum Gasteiger partial charge on any atom is -0.493 e. The van der Waals surface area contributed by atoms with Gasteiger partial charge in [-0.25, -0.2) is 4.79 Å². The molecule has 0 heterocycles. The molecule has 0 aromatic heterocycles. The molecule has 0 unspecified atom stereocenters. The third-order valence-corrected chi connectivity index (χ3v) is 4.90. The summed E-state index contributed by atoms with van der Waals surface area (Å²) in [6.45, 7) is 1.85. The Morgan fingerprint density at radius 3 is 2.29 bits per heavy atom. The molecule has 1 N–H and O–H groups in total. The Morgan fingerprint density at radius 2 is 1.71 bits per heavy atom. The lowest BCUT2D eigenvalue weighted by molar-refractivity contribution is -0.144. The van der Waals surface area contributed by atoms with E-state index in [0.717, 1.165) is 19.3 Å². The van der Waals surface area contributed by atoms with Crippen molar-refractivity contribution < 1.29 is 28.5 Å². The lowest BCUT2D eigenvalue weighted by atomic mass is 9.86. The number of rotatable bonds is 8. The average molecular weight is 391 g/mol. The molecule has 154 valence electrons. The van der Waals surface area contributed by atoms with Gasteiger partial charge in [0.15, 0.2) is 18.1 Å². The van der Waals surface area contributed by atoms with Crippen LogP contribution in [0.4, 0.5) is 0 Å². The highest BCUT2D eigenvalue weighted by molar-refractivity contribution is 5.89. The molecule has 0 aliphatic heterocycles. The van der Waals surface area contributed by atoms with Gasteiger partial charge in [-0.15, -0.1) is 0 Å². The molecule has 7 nitrogen and oxygen atoms in total. The second-order valence-electron chi connectivity index (χ2n) is 6.84. The van der Waals surface area contributed by atoms with Crippen molar-refractivity contribution in [2.45, 2.75) is 38.6 Å². The van der Waals surface area contributed by atoms with Crippen LogP contribution in [0, 0.1) is 5.92 Å². The Labute approximate surface area is 166 Å². The van der Waals surface area contributed by atoms with Crippen LogP contribution < -0.4 is 19.5 Å². The van der Waals surface area contributed by atoms with Crippen molar-refractivity contribution in [1.82, 2.24) is 5.32 Å². The van der Waals surface area contributed by atoms with Gasteiger partial charge in [-0.2, -0.15) is 0 Å². The first kappa shape index (κ1) is 21.6. The Bertz CT molecular complexity index is 690. The number of amides is 1. The first-order valence-electron chi connectivity index (χ1n) is 9.42. The fourth-order valence-electron chi connectivity index (χ4n) is 3.33. The molecule has 0 saturated heterocycles. The molecular formula is C21H29NO6. The minimum atomic E-state index is -0.597. The lowest BCUT2D eigenvalue weighted by Gasteiger charge is -2.29. The predicted octanol–water partition coefficient (Wildman–Crippen LogP) is 2.96. The molecule has 0 spiro atoms. The first-order chi connectivity index (χ1) is 13.5. The Balaban J connectivity index is 1.90. The van der Waals surface area contributed by atoms with Crippen LogP contribution in [0.3, 0.4) is 0 Å². The number of carbonyl (C=O) groups is 2. The van der Waals surface area contributed by atoms with Gasteiger partial charge in [0.05, 0.1) is 21.3 Å². The van der Waals surface area contributed by atoms with E-state index in [4.69, 9.17) is 18.9 Å². The third-order valence-electron chi connectivity index (χ3n) is 4.90. The monoisotopic (exact) mass is 391 g/mol. The maximum absolute atomic E-state index is 12.0. The number of carbonyl (C=O) groups excluding carboxylic acids is 2. The van der Waals surface area contributed by atoms with Gasteiger partial charge in [-0.05, 0) is 42.5 Å². The summed E-state index contributed by atoms with van der Waals surface area (Å²) >= 11 is 0. The summed E-state index contributed by atoms with van der Waals surface area (Å²) in [6.07, 6.45) is 7.23. The molecule has 0 radical (unpaired) electrons. The van der Waals surface area contributed by atoms with E-state index in [9.17, 15) is 9.59 Å². The maximum atomic E-state index is 12.0. The SMILES string of the molecule is COc1cc(/C=C/C(=O)OCC(=O)N[C@H]2CCCC[C@H]2C)cc(OC)c1OC. The van der Waals surface area contributed by atoms with Crippen LogP contribution in [0.25, 0.3) is 6.08 Å². The number of hydrogen-bond acceptors (Lipinski definition) is 6. The Kier molecular flexibility index (Phi) is 8.17. The Morgan fingerprint density at radius 1 is 1.07 bits per heavy atom. The van der Waals surface area contributed by atoms with Crippen molar-refractivity contribution in [3.63, 3.8) is 0 Å². The van der Waals surface area contributed by atoms with E-state index in [1.54, 1.807) is 18.2 Å². The van der Waals surface area contributed by atoms with Gasteiger partial charge in [0.1, 0.15) is 0 Å². The number of methoxy groups -OCH3 is 3. The van der Waals surface area contributed by atoms with Gasteiger partial charge in [-0.1, -0.05) is 19.8 Å². The molecule has 1 amide bonds. The summed E-state index contributed by atoms with van der Waals surface area (Å²) in [5.41, 5.74) is 0.673. The number of ether oxygens (including phenoxy) is 4. The summed E-state index contributed by atoms with van der Waals surface area (Å²) in [6, 6.07) is 3.58. The second kappa shape index (κ2) is 10.6. The average Bonchev–Trinajstić information content (AvgIpc) is 2.71. The van der Waals surface area contributed by atoms with Crippen molar-refractivity contribution in [3.05, 3.63) is 23.8 Å². The summed E-state index contributed by atoms with van der Waals surface area (Å²) in [5.74, 6) is 1.02. The van der Waals surface area contributed by atoms with Crippen molar-refractivity contribution >= 4 is 18.0 Å². The van der Waals surface area contributed by atoms with Crippen molar-refractivity contribution in [2.75, 3.05) is 27.9 Å². The summed E-state index contributed by atoms with van der Waals surface area (Å²) in [7, 11) is 4.56. The van der Waals surface area contributed by atoms with E-state index in [2.05, 4.69) is 12.2 Å². The van der Waals surface area contributed by atoms with Gasteiger partial charge in [0.2, 0.25) is 5.75 Å². The van der Waals surface area contributed by atoms with E-state index in [0.29, 0.717) is 28.7 Å².